The summed E-state index contributed by atoms with van der Waals surface area (Å²) in [6, 6.07) is 14.3. The van der Waals surface area contributed by atoms with Crippen LogP contribution in [0.4, 0.5) is 0 Å². The maximum Gasteiger partial charge on any atom is 0.246 e. The average molecular weight is 351 g/mol. The predicted octanol–water partition coefficient (Wildman–Crippen LogP) is 3.94. The average Bonchev–Trinajstić information content (AvgIpc) is 3.03. The van der Waals surface area contributed by atoms with Crippen molar-refractivity contribution in [2.75, 3.05) is 13.2 Å². The van der Waals surface area contributed by atoms with Crippen LogP contribution < -0.4 is 5.32 Å². The first-order valence-electron chi connectivity index (χ1n) is 9.01. The van der Waals surface area contributed by atoms with Crippen LogP contribution in [0.5, 0.6) is 0 Å². The van der Waals surface area contributed by atoms with Crippen molar-refractivity contribution < 1.29 is 9.53 Å². The molecule has 1 aromatic heterocycles. The number of nitrogens with one attached hydrogen (secondary N) is 1. The van der Waals surface area contributed by atoms with E-state index in [4.69, 9.17) is 4.74 Å². The van der Waals surface area contributed by atoms with Gasteiger partial charge in [-0.1, -0.05) is 43.3 Å². The van der Waals surface area contributed by atoms with E-state index < -0.39 is 0 Å². The van der Waals surface area contributed by atoms with Crippen LogP contribution in [0, 0.1) is 6.92 Å². The van der Waals surface area contributed by atoms with Crippen molar-refractivity contribution in [3.05, 3.63) is 59.9 Å². The van der Waals surface area contributed by atoms with Crippen molar-refractivity contribution in [2.45, 2.75) is 33.2 Å². The topological polar surface area (TPSA) is 56.1 Å². The molecule has 26 heavy (non-hydrogen) atoms. The zero-order valence-electron chi connectivity index (χ0n) is 15.5. The normalized spacial score (nSPS) is 12.3. The first-order chi connectivity index (χ1) is 12.6. The Morgan fingerprint density at radius 3 is 2.81 bits per heavy atom. The molecule has 0 aliphatic heterocycles. The molecule has 0 fully saturated rings. The Morgan fingerprint density at radius 1 is 1.23 bits per heavy atom. The second kappa shape index (κ2) is 8.15. The molecule has 3 rings (SSSR count). The molecule has 1 amide bonds. The summed E-state index contributed by atoms with van der Waals surface area (Å²) in [5.41, 5.74) is 3.06. The number of carbonyl (C=O) groups is 1. The number of carbonyl (C=O) groups excluding carboxylic acids is 1. The molecule has 136 valence electrons. The van der Waals surface area contributed by atoms with Crippen molar-refractivity contribution in [1.82, 2.24) is 15.1 Å². The summed E-state index contributed by atoms with van der Waals surface area (Å²) in [6.07, 6.45) is 2.73. The van der Waals surface area contributed by atoms with Crippen LogP contribution in [0.15, 0.2) is 48.7 Å². The van der Waals surface area contributed by atoms with Crippen molar-refractivity contribution in [2.24, 2.45) is 0 Å². The zero-order chi connectivity index (χ0) is 18.5. The van der Waals surface area contributed by atoms with Gasteiger partial charge in [-0.3, -0.25) is 4.79 Å². The number of hydrogen-bond donors (Lipinski definition) is 1. The number of benzene rings is 2. The molecule has 0 saturated carbocycles. The second-order valence-electron chi connectivity index (χ2n) is 6.44. The largest absolute Gasteiger partial charge is 0.372 e. The van der Waals surface area contributed by atoms with Crippen LogP contribution in [0.25, 0.3) is 16.5 Å². The number of hydrogen-bond acceptors (Lipinski definition) is 3. The van der Waals surface area contributed by atoms with Crippen LogP contribution in [0.1, 0.15) is 37.6 Å². The van der Waals surface area contributed by atoms with E-state index in [9.17, 15) is 4.79 Å². The van der Waals surface area contributed by atoms with E-state index in [1.807, 2.05) is 49.8 Å². The predicted molar refractivity (Wildman–Crippen MR) is 103 cm³/mol. The highest BCUT2D eigenvalue weighted by Gasteiger charge is 2.17. The molecule has 0 radical (unpaired) electrons. The molecule has 1 N–H and O–H groups in total. The van der Waals surface area contributed by atoms with Crippen molar-refractivity contribution in [3.8, 4) is 5.69 Å². The maximum atomic E-state index is 12.0. The summed E-state index contributed by atoms with van der Waals surface area (Å²) in [6.45, 7) is 6.70. The minimum Gasteiger partial charge on any atom is -0.372 e. The van der Waals surface area contributed by atoms with Crippen LogP contribution in [-0.2, 0) is 9.53 Å². The van der Waals surface area contributed by atoms with Crippen LogP contribution in [0.2, 0.25) is 0 Å². The zero-order valence-corrected chi connectivity index (χ0v) is 15.5. The summed E-state index contributed by atoms with van der Waals surface area (Å²) >= 11 is 0. The van der Waals surface area contributed by atoms with E-state index in [0.717, 1.165) is 28.8 Å². The third-order valence-electron chi connectivity index (χ3n) is 4.47. The lowest BCUT2D eigenvalue weighted by Gasteiger charge is -2.15. The number of aromatic nitrogens is 2. The number of nitrogens with zero attached hydrogens (tertiary/aromatic N) is 2. The Kier molecular flexibility index (Phi) is 5.68. The summed E-state index contributed by atoms with van der Waals surface area (Å²) in [4.78, 5) is 12.0. The third-order valence-corrected chi connectivity index (χ3v) is 4.47. The molecule has 2 aromatic carbocycles. The molecule has 5 nitrogen and oxygen atoms in total. The van der Waals surface area contributed by atoms with E-state index >= 15 is 0 Å². The fourth-order valence-corrected chi connectivity index (χ4v) is 3.15. The number of fused-ring (bicyclic) bond motifs is 1. The molecule has 0 aliphatic carbocycles. The van der Waals surface area contributed by atoms with Crippen molar-refractivity contribution >= 4 is 16.7 Å². The van der Waals surface area contributed by atoms with Gasteiger partial charge in [0.05, 0.1) is 17.9 Å². The Morgan fingerprint density at radius 2 is 2.00 bits per heavy atom. The lowest BCUT2D eigenvalue weighted by Crippen LogP contribution is -2.30. The van der Waals surface area contributed by atoms with E-state index in [0.29, 0.717) is 6.61 Å². The summed E-state index contributed by atoms with van der Waals surface area (Å²) in [5.74, 6) is -0.108. The van der Waals surface area contributed by atoms with Gasteiger partial charge in [-0.15, -0.1) is 0 Å². The number of ether oxygens (including phenoxy) is 1. The van der Waals surface area contributed by atoms with E-state index in [2.05, 4.69) is 34.7 Å². The van der Waals surface area contributed by atoms with Gasteiger partial charge in [-0.05, 0) is 31.7 Å². The van der Waals surface area contributed by atoms with Gasteiger partial charge >= 0.3 is 0 Å². The molecule has 0 unspecified atom stereocenters. The van der Waals surface area contributed by atoms with Gasteiger partial charge in [0.1, 0.15) is 6.61 Å². The maximum absolute atomic E-state index is 12.0. The van der Waals surface area contributed by atoms with Crippen molar-refractivity contribution in [3.63, 3.8) is 0 Å². The molecule has 0 spiro atoms. The van der Waals surface area contributed by atoms with Crippen LogP contribution in [-0.4, -0.2) is 28.9 Å². The fourth-order valence-electron chi connectivity index (χ4n) is 3.15. The Labute approximate surface area is 154 Å². The van der Waals surface area contributed by atoms with Gasteiger partial charge < -0.3 is 10.1 Å². The Hall–Kier alpha value is -2.66. The van der Waals surface area contributed by atoms with Crippen molar-refractivity contribution in [1.29, 1.82) is 0 Å². The number of rotatable bonds is 7. The molecular formula is C21H25N3O2. The van der Waals surface area contributed by atoms with Gasteiger partial charge in [0.25, 0.3) is 0 Å². The van der Waals surface area contributed by atoms with Gasteiger partial charge in [-0.25, -0.2) is 4.68 Å². The van der Waals surface area contributed by atoms with E-state index in [1.54, 1.807) is 0 Å². The fraction of sp³-hybridized carbons (Fsp3) is 0.333. The van der Waals surface area contributed by atoms with Gasteiger partial charge in [0.15, 0.2) is 0 Å². The van der Waals surface area contributed by atoms with E-state index in [1.165, 1.54) is 5.39 Å². The molecular weight excluding hydrogens is 326 g/mol. The lowest BCUT2D eigenvalue weighted by molar-refractivity contribution is -0.126. The Balaban J connectivity index is 1.82. The molecule has 0 saturated heterocycles. The minimum absolute atomic E-state index is 0.0920. The molecule has 3 aromatic rings. The summed E-state index contributed by atoms with van der Waals surface area (Å²) in [5, 5.41) is 9.88. The van der Waals surface area contributed by atoms with Gasteiger partial charge in [0, 0.05) is 23.3 Å². The first kappa shape index (κ1) is 18.1. The molecule has 0 bridgehead atoms. The summed E-state index contributed by atoms with van der Waals surface area (Å²) < 4.78 is 7.24. The molecule has 0 aliphatic rings. The van der Waals surface area contributed by atoms with Gasteiger partial charge in [-0.2, -0.15) is 5.10 Å². The highest BCUT2D eigenvalue weighted by Crippen LogP contribution is 2.25. The highest BCUT2D eigenvalue weighted by molar-refractivity contribution is 5.90. The molecule has 5 heteroatoms. The molecule has 1 atom stereocenters. The minimum atomic E-state index is -0.128. The standard InChI is InChI=1S/C21H25N3O2/c1-4-12-26-14-21(25)23-15(2)19-13-22-24(16(19)3)20-11-7-9-17-8-5-6-10-18(17)20/h5-11,13,15H,4,12,14H2,1-3H3,(H,23,25)/t15-/m1/s1. The SMILES string of the molecule is CCCOCC(=O)N[C@H](C)c1cnn(-c2cccc3ccccc23)c1C. The Bertz CT molecular complexity index is 896. The van der Waals surface area contributed by atoms with Gasteiger partial charge in [0.2, 0.25) is 5.91 Å². The monoisotopic (exact) mass is 351 g/mol. The second-order valence-corrected chi connectivity index (χ2v) is 6.44. The van der Waals surface area contributed by atoms with Crippen LogP contribution >= 0.6 is 0 Å². The lowest BCUT2D eigenvalue weighted by atomic mass is 10.1. The smallest absolute Gasteiger partial charge is 0.246 e. The highest BCUT2D eigenvalue weighted by atomic mass is 16.5. The number of amides is 1. The quantitative estimate of drug-likeness (QED) is 0.656. The third kappa shape index (κ3) is 3.78. The summed E-state index contributed by atoms with van der Waals surface area (Å²) in [7, 11) is 0. The van der Waals surface area contributed by atoms with E-state index in [-0.39, 0.29) is 18.6 Å². The van der Waals surface area contributed by atoms with Crippen LogP contribution in [0.3, 0.4) is 0 Å². The first-order valence-corrected chi connectivity index (χ1v) is 9.01. The molecule has 1 heterocycles.